The summed E-state index contributed by atoms with van der Waals surface area (Å²) in [6, 6.07) is 10.9. The molecule has 2 aromatic rings. The Morgan fingerprint density at radius 2 is 1.44 bits per heavy atom. The van der Waals surface area contributed by atoms with Crippen molar-refractivity contribution < 1.29 is 16.8 Å². The molecule has 0 unspecified atom stereocenters. The van der Waals surface area contributed by atoms with E-state index in [1.54, 1.807) is 18.2 Å². The molecule has 0 aliphatic rings. The number of nitrogens with zero attached hydrogens (tertiary/aromatic N) is 1. The Morgan fingerprint density at radius 3 is 1.96 bits per heavy atom. The maximum absolute atomic E-state index is 12.8. The molecule has 0 atom stereocenters. The quantitative estimate of drug-likeness (QED) is 0.696. The maximum atomic E-state index is 12.8. The van der Waals surface area contributed by atoms with Crippen molar-refractivity contribution in [3.63, 3.8) is 0 Å². The molecule has 0 aromatic heterocycles. The topological polar surface area (TPSA) is 95.6 Å². The lowest BCUT2D eigenvalue weighted by Gasteiger charge is -2.17. The molecule has 0 heterocycles. The van der Waals surface area contributed by atoms with Crippen molar-refractivity contribution in [2.45, 2.75) is 30.1 Å². The molecule has 2 rings (SSSR count). The monoisotopic (exact) mass is 411 g/mol. The highest BCUT2D eigenvalue weighted by Gasteiger charge is 2.21. The zero-order valence-corrected chi connectivity index (χ0v) is 17.5. The molecule has 0 aliphatic heterocycles. The van der Waals surface area contributed by atoms with Crippen LogP contribution in [0.2, 0.25) is 0 Å². The minimum atomic E-state index is -3.86. The third-order valence-corrected chi connectivity index (χ3v) is 7.22. The fourth-order valence-electron chi connectivity index (χ4n) is 2.43. The van der Waals surface area contributed by atoms with Crippen molar-refractivity contribution >= 4 is 31.4 Å². The van der Waals surface area contributed by atoms with Crippen LogP contribution in [0.3, 0.4) is 0 Å². The summed E-state index contributed by atoms with van der Waals surface area (Å²) in [5, 5.41) is 3.04. The Hall–Kier alpha value is -2.10. The second-order valence-electron chi connectivity index (χ2n) is 6.13. The summed E-state index contributed by atoms with van der Waals surface area (Å²) < 4.78 is 53.9. The van der Waals surface area contributed by atoms with Gasteiger partial charge < -0.3 is 5.32 Å². The van der Waals surface area contributed by atoms with Gasteiger partial charge in [-0.05, 0) is 49.2 Å². The summed E-state index contributed by atoms with van der Waals surface area (Å²) in [7, 11) is -4.70. The van der Waals surface area contributed by atoms with Gasteiger partial charge in [-0.25, -0.2) is 21.1 Å². The molecule has 2 aromatic carbocycles. The molecular weight excluding hydrogens is 386 g/mol. The molecule has 0 radical (unpaired) electrons. The van der Waals surface area contributed by atoms with E-state index in [4.69, 9.17) is 0 Å². The van der Waals surface area contributed by atoms with Crippen molar-refractivity contribution in [3.8, 4) is 0 Å². The van der Waals surface area contributed by atoms with E-state index < -0.39 is 20.0 Å². The van der Waals surface area contributed by atoms with Gasteiger partial charge in [-0.15, -0.1) is 0 Å². The van der Waals surface area contributed by atoms with Crippen LogP contribution in [0.5, 0.6) is 0 Å². The highest BCUT2D eigenvalue weighted by atomic mass is 32.2. The molecule has 0 bridgehead atoms. The molecule has 0 fully saturated rings. The van der Waals surface area contributed by atoms with E-state index in [1.165, 1.54) is 38.4 Å². The molecule has 7 nitrogen and oxygen atoms in total. The number of hydrogen-bond acceptors (Lipinski definition) is 5. The van der Waals surface area contributed by atoms with Crippen molar-refractivity contribution in [3.05, 3.63) is 48.0 Å². The van der Waals surface area contributed by atoms with Crippen molar-refractivity contribution in [1.82, 2.24) is 4.31 Å². The molecule has 0 spiro atoms. The minimum Gasteiger partial charge on any atom is -0.384 e. The predicted octanol–water partition coefficient (Wildman–Crippen LogP) is 2.73. The Kier molecular flexibility index (Phi) is 6.50. The Labute approximate surface area is 161 Å². The number of sulfonamides is 2. The van der Waals surface area contributed by atoms with Crippen molar-refractivity contribution in [2.75, 3.05) is 30.7 Å². The molecule has 2 N–H and O–H groups in total. The van der Waals surface area contributed by atoms with E-state index in [2.05, 4.69) is 10.0 Å². The minimum absolute atomic E-state index is 0.00758. The standard InChI is InChI=1S/C18H25N3O4S2/c1-5-14-7-9-15(10-8-14)26(22,23)20-18-13-16(27(24,25)21(3)4)11-12-17(18)19-6-2/h7-13,19-20H,5-6H2,1-4H3. The first-order valence-corrected chi connectivity index (χ1v) is 11.5. The van der Waals surface area contributed by atoms with Crippen LogP contribution in [0.1, 0.15) is 19.4 Å². The van der Waals surface area contributed by atoms with Gasteiger partial charge in [-0.2, -0.15) is 0 Å². The molecule has 148 valence electrons. The first-order chi connectivity index (χ1) is 12.6. The van der Waals surface area contributed by atoms with Gasteiger partial charge in [0, 0.05) is 20.6 Å². The van der Waals surface area contributed by atoms with Gasteiger partial charge in [0.2, 0.25) is 10.0 Å². The molecule has 0 saturated carbocycles. The fraction of sp³-hybridized carbons (Fsp3) is 0.333. The number of hydrogen-bond donors (Lipinski definition) is 2. The van der Waals surface area contributed by atoms with Crippen molar-refractivity contribution in [1.29, 1.82) is 0 Å². The first kappa shape index (κ1) is 21.2. The third-order valence-electron chi connectivity index (χ3n) is 4.02. The Bertz CT molecular complexity index is 999. The smallest absolute Gasteiger partial charge is 0.261 e. The van der Waals surface area contributed by atoms with Gasteiger partial charge in [0.15, 0.2) is 0 Å². The zero-order valence-electron chi connectivity index (χ0n) is 15.9. The van der Waals surface area contributed by atoms with E-state index in [9.17, 15) is 16.8 Å². The number of aryl methyl sites for hydroxylation is 1. The van der Waals surface area contributed by atoms with Gasteiger partial charge in [0.25, 0.3) is 10.0 Å². The summed E-state index contributed by atoms with van der Waals surface area (Å²) >= 11 is 0. The van der Waals surface area contributed by atoms with Gasteiger partial charge in [0.05, 0.1) is 21.2 Å². The number of rotatable bonds is 8. The summed E-state index contributed by atoms with van der Waals surface area (Å²) in [6.45, 7) is 4.41. The van der Waals surface area contributed by atoms with Gasteiger partial charge in [-0.3, -0.25) is 4.72 Å². The SMILES string of the molecule is CCNc1ccc(S(=O)(=O)N(C)C)cc1NS(=O)(=O)c1ccc(CC)cc1. The van der Waals surface area contributed by atoms with E-state index in [-0.39, 0.29) is 15.5 Å². The Balaban J connectivity index is 2.48. The molecule has 9 heteroatoms. The van der Waals surface area contributed by atoms with Gasteiger partial charge in [0.1, 0.15) is 0 Å². The Morgan fingerprint density at radius 1 is 0.852 bits per heavy atom. The van der Waals surface area contributed by atoms with Crippen LogP contribution in [0, 0.1) is 0 Å². The first-order valence-electron chi connectivity index (χ1n) is 8.54. The van der Waals surface area contributed by atoms with Gasteiger partial charge in [-0.1, -0.05) is 19.1 Å². The van der Waals surface area contributed by atoms with Crippen molar-refractivity contribution in [2.24, 2.45) is 0 Å². The van der Waals surface area contributed by atoms with E-state index in [0.29, 0.717) is 12.2 Å². The predicted molar refractivity (Wildman–Crippen MR) is 108 cm³/mol. The summed E-state index contributed by atoms with van der Waals surface area (Å²) in [5.74, 6) is 0. The van der Waals surface area contributed by atoms with Crippen LogP contribution >= 0.6 is 0 Å². The lowest BCUT2D eigenvalue weighted by Crippen LogP contribution is -2.22. The zero-order chi connectivity index (χ0) is 20.2. The van der Waals surface area contributed by atoms with E-state index in [1.807, 2.05) is 13.8 Å². The lowest BCUT2D eigenvalue weighted by atomic mass is 10.2. The number of anilines is 2. The molecule has 0 aliphatic carbocycles. The van der Waals surface area contributed by atoms with Crippen LogP contribution in [0.15, 0.2) is 52.3 Å². The summed E-state index contributed by atoms with van der Waals surface area (Å²) in [4.78, 5) is 0.121. The largest absolute Gasteiger partial charge is 0.384 e. The molecule has 0 amide bonds. The highest BCUT2D eigenvalue weighted by molar-refractivity contribution is 7.92. The maximum Gasteiger partial charge on any atom is 0.261 e. The highest BCUT2D eigenvalue weighted by Crippen LogP contribution is 2.29. The second-order valence-corrected chi connectivity index (χ2v) is 9.96. The fourth-order valence-corrected chi connectivity index (χ4v) is 4.43. The average molecular weight is 412 g/mol. The van der Waals surface area contributed by atoms with E-state index >= 15 is 0 Å². The van der Waals surface area contributed by atoms with Crippen LogP contribution in [-0.4, -0.2) is 41.8 Å². The summed E-state index contributed by atoms with van der Waals surface area (Å²) in [5.41, 5.74) is 1.71. The number of nitrogens with one attached hydrogen (secondary N) is 2. The molecule has 0 saturated heterocycles. The van der Waals surface area contributed by atoms with Crippen LogP contribution in [-0.2, 0) is 26.5 Å². The van der Waals surface area contributed by atoms with Crippen LogP contribution < -0.4 is 10.0 Å². The normalized spacial score (nSPS) is 12.2. The summed E-state index contributed by atoms with van der Waals surface area (Å²) in [6.07, 6.45) is 0.808. The number of benzene rings is 2. The third kappa shape index (κ3) is 4.79. The molecule has 27 heavy (non-hydrogen) atoms. The van der Waals surface area contributed by atoms with Crippen LogP contribution in [0.25, 0.3) is 0 Å². The lowest BCUT2D eigenvalue weighted by molar-refractivity contribution is 0.521. The molecular formula is C18H25N3O4S2. The second kappa shape index (κ2) is 8.28. The van der Waals surface area contributed by atoms with Crippen LogP contribution in [0.4, 0.5) is 11.4 Å². The van der Waals surface area contributed by atoms with E-state index in [0.717, 1.165) is 16.3 Å². The average Bonchev–Trinajstić information content (AvgIpc) is 2.63. The van der Waals surface area contributed by atoms with Gasteiger partial charge >= 0.3 is 0 Å².